The van der Waals surface area contributed by atoms with Gasteiger partial charge in [-0.25, -0.2) is 4.98 Å². The summed E-state index contributed by atoms with van der Waals surface area (Å²) in [5, 5.41) is 1.23. The quantitative estimate of drug-likeness (QED) is 0.395. The lowest BCUT2D eigenvalue weighted by Gasteiger charge is -2.06. The molecule has 2 heterocycles. The summed E-state index contributed by atoms with van der Waals surface area (Å²) in [5.74, 6) is -0.0943. The van der Waals surface area contributed by atoms with Gasteiger partial charge in [-0.15, -0.1) is 0 Å². The zero-order valence-corrected chi connectivity index (χ0v) is 16.5. The van der Waals surface area contributed by atoms with Crippen molar-refractivity contribution < 1.29 is 9.53 Å². The van der Waals surface area contributed by atoms with E-state index in [4.69, 9.17) is 9.72 Å². The molecule has 0 aliphatic carbocycles. The summed E-state index contributed by atoms with van der Waals surface area (Å²) in [7, 11) is 0. The Bertz CT molecular complexity index is 913. The van der Waals surface area contributed by atoms with Gasteiger partial charge in [0.25, 0.3) is 0 Å². The van der Waals surface area contributed by atoms with Crippen molar-refractivity contribution in [2.45, 2.75) is 53.0 Å². The van der Waals surface area contributed by atoms with E-state index in [0.717, 1.165) is 37.1 Å². The molecule has 0 saturated heterocycles. The molecule has 2 aromatic heterocycles. The van der Waals surface area contributed by atoms with Crippen LogP contribution in [0.3, 0.4) is 0 Å². The van der Waals surface area contributed by atoms with E-state index < -0.39 is 0 Å². The van der Waals surface area contributed by atoms with Gasteiger partial charge in [0.05, 0.1) is 6.61 Å². The SMILES string of the molecule is CCOC(=O)CCCCCn1cc(-c2ccccc2)c2c(C)cc(C)nc21. The smallest absolute Gasteiger partial charge is 0.305 e. The number of hydrogen-bond donors (Lipinski definition) is 0. The molecular formula is C23H28N2O2. The molecule has 0 saturated carbocycles. The van der Waals surface area contributed by atoms with Crippen molar-refractivity contribution in [3.63, 3.8) is 0 Å². The maximum Gasteiger partial charge on any atom is 0.305 e. The molecule has 0 N–H and O–H groups in total. The molecule has 0 aliphatic heterocycles. The molecule has 4 heteroatoms. The van der Waals surface area contributed by atoms with Crippen LogP contribution in [0.4, 0.5) is 0 Å². The lowest BCUT2D eigenvalue weighted by Crippen LogP contribution is -2.04. The number of esters is 1. The standard InChI is InChI=1S/C23H28N2O2/c1-4-27-21(26)13-9-6-10-14-25-16-20(19-11-7-5-8-12-19)22-17(2)15-18(3)24-23(22)25/h5,7-8,11-12,15-16H,4,6,9-10,13-14H2,1-3H3. The highest BCUT2D eigenvalue weighted by molar-refractivity contribution is 5.96. The van der Waals surface area contributed by atoms with Crippen molar-refractivity contribution in [2.75, 3.05) is 6.61 Å². The summed E-state index contributed by atoms with van der Waals surface area (Å²) >= 11 is 0. The first-order valence-corrected chi connectivity index (χ1v) is 9.78. The van der Waals surface area contributed by atoms with Crippen LogP contribution in [0.15, 0.2) is 42.6 Å². The van der Waals surface area contributed by atoms with Crippen molar-refractivity contribution in [3.8, 4) is 11.1 Å². The van der Waals surface area contributed by atoms with Crippen LogP contribution in [0.1, 0.15) is 43.9 Å². The molecule has 0 spiro atoms. The largest absolute Gasteiger partial charge is 0.466 e. The minimum absolute atomic E-state index is 0.0943. The maximum atomic E-state index is 11.4. The molecule has 0 fully saturated rings. The van der Waals surface area contributed by atoms with Gasteiger partial charge in [-0.05, 0) is 50.8 Å². The van der Waals surface area contributed by atoms with Crippen LogP contribution in [-0.4, -0.2) is 22.1 Å². The van der Waals surface area contributed by atoms with Crippen molar-refractivity contribution in [2.24, 2.45) is 0 Å². The summed E-state index contributed by atoms with van der Waals surface area (Å²) in [6.45, 7) is 7.41. The monoisotopic (exact) mass is 364 g/mol. The van der Waals surface area contributed by atoms with Crippen LogP contribution in [0.5, 0.6) is 0 Å². The Kier molecular flexibility index (Phi) is 6.28. The number of benzene rings is 1. The molecule has 3 aromatic rings. The first kappa shape index (κ1) is 19.2. The van der Waals surface area contributed by atoms with Gasteiger partial charge in [0.15, 0.2) is 0 Å². The first-order valence-electron chi connectivity index (χ1n) is 9.78. The second-order valence-corrected chi connectivity index (χ2v) is 7.00. The van der Waals surface area contributed by atoms with E-state index in [0.29, 0.717) is 13.0 Å². The lowest BCUT2D eigenvalue weighted by atomic mass is 10.0. The third-order valence-electron chi connectivity index (χ3n) is 4.82. The van der Waals surface area contributed by atoms with Gasteiger partial charge in [-0.1, -0.05) is 36.8 Å². The summed E-state index contributed by atoms with van der Waals surface area (Å²) in [5.41, 5.74) is 5.81. The average Bonchev–Trinajstić information content (AvgIpc) is 3.01. The molecule has 0 radical (unpaired) electrons. The first-order chi connectivity index (χ1) is 13.1. The molecule has 4 nitrogen and oxygen atoms in total. The van der Waals surface area contributed by atoms with Crippen molar-refractivity contribution in [1.82, 2.24) is 9.55 Å². The van der Waals surface area contributed by atoms with Gasteiger partial charge >= 0.3 is 5.97 Å². The highest BCUT2D eigenvalue weighted by Crippen LogP contribution is 2.32. The molecule has 0 unspecified atom stereocenters. The fourth-order valence-electron chi connectivity index (χ4n) is 3.61. The highest BCUT2D eigenvalue weighted by Gasteiger charge is 2.14. The van der Waals surface area contributed by atoms with E-state index in [9.17, 15) is 4.79 Å². The Morgan fingerprint density at radius 1 is 1.11 bits per heavy atom. The normalized spacial score (nSPS) is 11.1. The Balaban J connectivity index is 1.78. The number of hydrogen-bond acceptors (Lipinski definition) is 3. The Morgan fingerprint density at radius 2 is 1.89 bits per heavy atom. The van der Waals surface area contributed by atoms with E-state index in [-0.39, 0.29) is 5.97 Å². The number of fused-ring (bicyclic) bond motifs is 1. The minimum Gasteiger partial charge on any atom is -0.466 e. The summed E-state index contributed by atoms with van der Waals surface area (Å²) in [4.78, 5) is 16.3. The lowest BCUT2D eigenvalue weighted by molar-refractivity contribution is -0.143. The average molecular weight is 364 g/mol. The molecule has 142 valence electrons. The maximum absolute atomic E-state index is 11.4. The number of unbranched alkanes of at least 4 members (excludes halogenated alkanes) is 2. The molecule has 27 heavy (non-hydrogen) atoms. The number of carbonyl (C=O) groups is 1. The van der Waals surface area contributed by atoms with E-state index in [1.54, 1.807) is 0 Å². The number of ether oxygens (including phenoxy) is 1. The van der Waals surface area contributed by atoms with Crippen molar-refractivity contribution in [1.29, 1.82) is 0 Å². The Labute approximate surface area is 161 Å². The van der Waals surface area contributed by atoms with E-state index in [1.165, 1.54) is 22.1 Å². The summed E-state index contributed by atoms with van der Waals surface area (Å²) in [6.07, 6.45) is 5.63. The molecule has 1 aromatic carbocycles. The van der Waals surface area contributed by atoms with Crippen LogP contribution < -0.4 is 0 Å². The van der Waals surface area contributed by atoms with Gasteiger partial charge in [0, 0.05) is 35.8 Å². The molecule has 0 bridgehead atoms. The van der Waals surface area contributed by atoms with Gasteiger partial charge in [0.2, 0.25) is 0 Å². The fraction of sp³-hybridized carbons (Fsp3) is 0.391. The number of carbonyl (C=O) groups excluding carboxylic acids is 1. The molecule has 0 atom stereocenters. The van der Waals surface area contributed by atoms with Crippen LogP contribution in [0.25, 0.3) is 22.2 Å². The van der Waals surface area contributed by atoms with Gasteiger partial charge in [-0.3, -0.25) is 4.79 Å². The second-order valence-electron chi connectivity index (χ2n) is 7.00. The molecular weight excluding hydrogens is 336 g/mol. The van der Waals surface area contributed by atoms with Crippen LogP contribution in [-0.2, 0) is 16.1 Å². The second kappa shape index (κ2) is 8.85. The van der Waals surface area contributed by atoms with Crippen LogP contribution in [0.2, 0.25) is 0 Å². The number of nitrogens with zero attached hydrogens (tertiary/aromatic N) is 2. The van der Waals surface area contributed by atoms with Crippen molar-refractivity contribution >= 4 is 17.0 Å². The zero-order valence-electron chi connectivity index (χ0n) is 16.5. The number of rotatable bonds is 8. The number of pyridine rings is 1. The van der Waals surface area contributed by atoms with Crippen molar-refractivity contribution in [3.05, 3.63) is 53.9 Å². The predicted molar refractivity (Wildman–Crippen MR) is 110 cm³/mol. The van der Waals surface area contributed by atoms with E-state index in [1.807, 2.05) is 19.9 Å². The van der Waals surface area contributed by atoms with Crippen LogP contribution >= 0.6 is 0 Å². The molecule has 0 aliphatic rings. The highest BCUT2D eigenvalue weighted by atomic mass is 16.5. The number of aromatic nitrogens is 2. The van der Waals surface area contributed by atoms with Gasteiger partial charge in [0.1, 0.15) is 5.65 Å². The molecule has 3 rings (SSSR count). The topological polar surface area (TPSA) is 44.1 Å². The third kappa shape index (κ3) is 4.57. The molecule has 0 amide bonds. The van der Waals surface area contributed by atoms with E-state index >= 15 is 0 Å². The van der Waals surface area contributed by atoms with Gasteiger partial charge < -0.3 is 9.30 Å². The van der Waals surface area contributed by atoms with Crippen LogP contribution in [0, 0.1) is 13.8 Å². The summed E-state index contributed by atoms with van der Waals surface area (Å²) in [6, 6.07) is 12.6. The predicted octanol–water partition coefficient (Wildman–Crippen LogP) is 5.44. The Hall–Kier alpha value is -2.62. The minimum atomic E-state index is -0.0943. The van der Waals surface area contributed by atoms with E-state index in [2.05, 4.69) is 48.0 Å². The third-order valence-corrected chi connectivity index (χ3v) is 4.82. The fourth-order valence-corrected chi connectivity index (χ4v) is 3.61. The number of aryl methyl sites for hydroxylation is 3. The van der Waals surface area contributed by atoms with Gasteiger partial charge in [-0.2, -0.15) is 0 Å². The summed E-state index contributed by atoms with van der Waals surface area (Å²) < 4.78 is 7.25. The Morgan fingerprint density at radius 3 is 2.63 bits per heavy atom. The zero-order chi connectivity index (χ0) is 19.2.